The quantitative estimate of drug-likeness (QED) is 0.608. The standard InChI is InChI=1S/C10H22S/c1-8(2)6-7-10(5)11-9(3)4/h8-10H,6-7H2,1-5H3/t10-/m1/s1. The molecule has 68 valence electrons. The van der Waals surface area contributed by atoms with Crippen LogP contribution in [0.15, 0.2) is 0 Å². The van der Waals surface area contributed by atoms with Crippen LogP contribution in [-0.2, 0) is 0 Å². The fourth-order valence-electron chi connectivity index (χ4n) is 1.10. The van der Waals surface area contributed by atoms with Gasteiger partial charge in [-0.1, -0.05) is 34.6 Å². The van der Waals surface area contributed by atoms with Gasteiger partial charge in [0.1, 0.15) is 0 Å². The summed E-state index contributed by atoms with van der Waals surface area (Å²) in [6, 6.07) is 0. The Hall–Kier alpha value is 0.350. The van der Waals surface area contributed by atoms with Crippen molar-refractivity contribution in [1.82, 2.24) is 0 Å². The first kappa shape index (κ1) is 11.4. The molecule has 0 aliphatic carbocycles. The van der Waals surface area contributed by atoms with Crippen LogP contribution < -0.4 is 0 Å². The molecule has 0 saturated heterocycles. The van der Waals surface area contributed by atoms with Gasteiger partial charge in [0.05, 0.1) is 0 Å². The lowest BCUT2D eigenvalue weighted by Gasteiger charge is -2.14. The lowest BCUT2D eigenvalue weighted by Crippen LogP contribution is -2.03. The molecule has 0 bridgehead atoms. The molecule has 0 amide bonds. The molecule has 0 aromatic rings. The smallest absolute Gasteiger partial charge is 0.00213 e. The molecular formula is C10H22S. The zero-order chi connectivity index (χ0) is 8.85. The summed E-state index contributed by atoms with van der Waals surface area (Å²) >= 11 is 2.10. The third kappa shape index (κ3) is 8.25. The number of hydrogen-bond acceptors (Lipinski definition) is 1. The second-order valence-corrected chi connectivity index (χ2v) is 5.99. The van der Waals surface area contributed by atoms with Crippen molar-refractivity contribution in [2.75, 3.05) is 0 Å². The number of hydrogen-bond donors (Lipinski definition) is 0. The summed E-state index contributed by atoms with van der Waals surface area (Å²) in [6.45, 7) is 11.5. The predicted molar refractivity (Wildman–Crippen MR) is 56.3 cm³/mol. The van der Waals surface area contributed by atoms with E-state index in [0.29, 0.717) is 0 Å². The van der Waals surface area contributed by atoms with E-state index in [1.807, 2.05) is 0 Å². The zero-order valence-electron chi connectivity index (χ0n) is 8.55. The largest absolute Gasteiger partial charge is 0.156 e. The van der Waals surface area contributed by atoms with Crippen molar-refractivity contribution < 1.29 is 0 Å². The minimum absolute atomic E-state index is 0.789. The predicted octanol–water partition coefficient (Wildman–Crippen LogP) is 3.95. The van der Waals surface area contributed by atoms with Crippen molar-refractivity contribution in [3.8, 4) is 0 Å². The molecule has 0 N–H and O–H groups in total. The third-order valence-electron chi connectivity index (χ3n) is 1.66. The summed E-state index contributed by atoms with van der Waals surface area (Å²) in [6.07, 6.45) is 2.75. The summed E-state index contributed by atoms with van der Waals surface area (Å²) in [4.78, 5) is 0. The van der Waals surface area contributed by atoms with Gasteiger partial charge in [-0.2, -0.15) is 11.8 Å². The highest BCUT2D eigenvalue weighted by Gasteiger charge is 2.05. The lowest BCUT2D eigenvalue weighted by molar-refractivity contribution is 0.554. The maximum Gasteiger partial charge on any atom is 0.00213 e. The minimum Gasteiger partial charge on any atom is -0.156 e. The number of thioether (sulfide) groups is 1. The summed E-state index contributed by atoms with van der Waals surface area (Å²) < 4.78 is 0. The Morgan fingerprint density at radius 1 is 0.909 bits per heavy atom. The van der Waals surface area contributed by atoms with Crippen molar-refractivity contribution in [2.45, 2.75) is 58.0 Å². The Balaban J connectivity index is 3.29. The van der Waals surface area contributed by atoms with E-state index < -0.39 is 0 Å². The van der Waals surface area contributed by atoms with Crippen molar-refractivity contribution in [3.05, 3.63) is 0 Å². The van der Waals surface area contributed by atoms with Crippen molar-refractivity contribution in [3.63, 3.8) is 0 Å². The minimum atomic E-state index is 0.789. The van der Waals surface area contributed by atoms with Gasteiger partial charge in [0.25, 0.3) is 0 Å². The molecule has 0 heterocycles. The first-order valence-electron chi connectivity index (χ1n) is 4.67. The molecule has 0 unspecified atom stereocenters. The van der Waals surface area contributed by atoms with Crippen LogP contribution in [0.4, 0.5) is 0 Å². The highest BCUT2D eigenvalue weighted by molar-refractivity contribution is 8.00. The highest BCUT2D eigenvalue weighted by Crippen LogP contribution is 2.22. The fraction of sp³-hybridized carbons (Fsp3) is 1.00. The Labute approximate surface area is 76.1 Å². The molecule has 1 atom stereocenters. The molecule has 0 spiro atoms. The van der Waals surface area contributed by atoms with Gasteiger partial charge in [0.2, 0.25) is 0 Å². The van der Waals surface area contributed by atoms with E-state index >= 15 is 0 Å². The van der Waals surface area contributed by atoms with Gasteiger partial charge in [0, 0.05) is 5.25 Å². The summed E-state index contributed by atoms with van der Waals surface area (Å²) in [7, 11) is 0. The van der Waals surface area contributed by atoms with Crippen LogP contribution in [0.5, 0.6) is 0 Å². The first-order chi connectivity index (χ1) is 5.02. The molecule has 0 fully saturated rings. The average molecular weight is 174 g/mol. The fourth-order valence-corrected chi connectivity index (χ4v) is 2.30. The Morgan fingerprint density at radius 2 is 1.45 bits per heavy atom. The van der Waals surface area contributed by atoms with E-state index in [0.717, 1.165) is 16.4 Å². The van der Waals surface area contributed by atoms with Crippen LogP contribution in [0.2, 0.25) is 0 Å². The molecule has 11 heavy (non-hydrogen) atoms. The summed E-state index contributed by atoms with van der Waals surface area (Å²) in [5.41, 5.74) is 0. The molecule has 0 nitrogen and oxygen atoms in total. The van der Waals surface area contributed by atoms with Gasteiger partial charge in [0.15, 0.2) is 0 Å². The second-order valence-electron chi connectivity index (χ2n) is 3.97. The van der Waals surface area contributed by atoms with E-state index in [-0.39, 0.29) is 0 Å². The van der Waals surface area contributed by atoms with Crippen LogP contribution in [0, 0.1) is 5.92 Å². The molecule has 0 aliphatic heterocycles. The van der Waals surface area contributed by atoms with Crippen molar-refractivity contribution in [1.29, 1.82) is 0 Å². The van der Waals surface area contributed by atoms with Gasteiger partial charge in [-0.25, -0.2) is 0 Å². The Bertz CT molecular complexity index is 86.9. The molecule has 0 radical (unpaired) electrons. The Morgan fingerprint density at radius 3 is 1.82 bits per heavy atom. The molecule has 0 rings (SSSR count). The van der Waals surface area contributed by atoms with Crippen LogP contribution in [0.3, 0.4) is 0 Å². The molecule has 0 aromatic heterocycles. The van der Waals surface area contributed by atoms with Crippen LogP contribution in [0.25, 0.3) is 0 Å². The van der Waals surface area contributed by atoms with E-state index in [9.17, 15) is 0 Å². The van der Waals surface area contributed by atoms with Gasteiger partial charge < -0.3 is 0 Å². The van der Waals surface area contributed by atoms with E-state index in [2.05, 4.69) is 46.4 Å². The molecule has 1 heteroatoms. The highest BCUT2D eigenvalue weighted by atomic mass is 32.2. The Kier molecular flexibility index (Phi) is 6.12. The monoisotopic (exact) mass is 174 g/mol. The van der Waals surface area contributed by atoms with Crippen LogP contribution >= 0.6 is 11.8 Å². The van der Waals surface area contributed by atoms with Crippen molar-refractivity contribution >= 4 is 11.8 Å². The second kappa shape index (κ2) is 5.93. The SMILES string of the molecule is CC(C)CC[C@@H](C)SC(C)C. The summed E-state index contributed by atoms with van der Waals surface area (Å²) in [5.74, 6) is 0.866. The first-order valence-corrected chi connectivity index (χ1v) is 5.62. The van der Waals surface area contributed by atoms with E-state index in [4.69, 9.17) is 0 Å². The molecule has 0 saturated carbocycles. The van der Waals surface area contributed by atoms with Crippen LogP contribution in [0.1, 0.15) is 47.5 Å². The molecule has 0 aromatic carbocycles. The zero-order valence-corrected chi connectivity index (χ0v) is 9.37. The maximum absolute atomic E-state index is 2.34. The van der Waals surface area contributed by atoms with Gasteiger partial charge in [-0.05, 0) is 24.0 Å². The van der Waals surface area contributed by atoms with Gasteiger partial charge >= 0.3 is 0 Å². The maximum atomic E-state index is 2.34. The van der Waals surface area contributed by atoms with E-state index in [1.165, 1.54) is 12.8 Å². The summed E-state index contributed by atoms with van der Waals surface area (Å²) in [5, 5.41) is 1.63. The topological polar surface area (TPSA) is 0 Å². The van der Waals surface area contributed by atoms with Crippen molar-refractivity contribution in [2.24, 2.45) is 5.92 Å². The van der Waals surface area contributed by atoms with E-state index in [1.54, 1.807) is 0 Å². The molecular weight excluding hydrogens is 152 g/mol. The van der Waals surface area contributed by atoms with Gasteiger partial charge in [-0.15, -0.1) is 0 Å². The van der Waals surface area contributed by atoms with Crippen LogP contribution in [-0.4, -0.2) is 10.5 Å². The third-order valence-corrected chi connectivity index (χ3v) is 2.90. The average Bonchev–Trinajstić information content (AvgIpc) is 1.82. The lowest BCUT2D eigenvalue weighted by atomic mass is 10.1. The number of rotatable bonds is 5. The van der Waals surface area contributed by atoms with Gasteiger partial charge in [-0.3, -0.25) is 0 Å². The molecule has 0 aliphatic rings. The normalized spacial score (nSPS) is 14.5.